The molecule has 0 unspecified atom stereocenters. The van der Waals surface area contributed by atoms with Crippen molar-refractivity contribution in [2.24, 2.45) is 0 Å². The monoisotopic (exact) mass is 293 g/mol. The summed E-state index contributed by atoms with van der Waals surface area (Å²) < 4.78 is 0.964. The Morgan fingerprint density at radius 2 is 2.38 bits per heavy atom. The predicted molar refractivity (Wildman–Crippen MR) is 68.7 cm³/mol. The summed E-state index contributed by atoms with van der Waals surface area (Å²) in [6.07, 6.45) is 2.59. The number of hydrogen-bond acceptors (Lipinski definition) is 3. The van der Waals surface area contributed by atoms with Crippen LogP contribution in [0.5, 0.6) is 0 Å². The van der Waals surface area contributed by atoms with E-state index in [0.29, 0.717) is 0 Å². The van der Waals surface area contributed by atoms with E-state index in [4.69, 9.17) is 0 Å². The minimum Gasteiger partial charge on any atom is -0.340 e. The van der Waals surface area contributed by atoms with Gasteiger partial charge in [-0.15, -0.1) is 0 Å². The van der Waals surface area contributed by atoms with E-state index in [2.05, 4.69) is 47.7 Å². The van der Waals surface area contributed by atoms with Crippen molar-refractivity contribution < 1.29 is 0 Å². The van der Waals surface area contributed by atoms with Gasteiger partial charge in [-0.3, -0.25) is 0 Å². The van der Waals surface area contributed by atoms with Gasteiger partial charge in [0.15, 0.2) is 5.65 Å². The van der Waals surface area contributed by atoms with Gasteiger partial charge in [-0.25, -0.2) is 9.97 Å². The number of H-pyrrole nitrogens is 1. The molecule has 0 spiro atoms. The second-order valence-corrected chi connectivity index (χ2v) is 5.21. The highest BCUT2D eigenvalue weighted by atomic mass is 79.9. The third-order valence-electron chi connectivity index (χ3n) is 2.30. The molecule has 3 heterocycles. The first-order valence-corrected chi connectivity index (χ1v) is 6.56. The van der Waals surface area contributed by atoms with Crippen LogP contribution in [0.15, 0.2) is 33.6 Å². The summed E-state index contributed by atoms with van der Waals surface area (Å²) in [6, 6.07) is 4.10. The van der Waals surface area contributed by atoms with Crippen LogP contribution in [0, 0.1) is 0 Å². The lowest BCUT2D eigenvalue weighted by Gasteiger charge is -1.90. The lowest BCUT2D eigenvalue weighted by Crippen LogP contribution is -1.87. The van der Waals surface area contributed by atoms with Crippen LogP contribution < -0.4 is 0 Å². The summed E-state index contributed by atoms with van der Waals surface area (Å²) in [4.78, 5) is 12.0. The number of nitrogens with zero attached hydrogens (tertiary/aromatic N) is 2. The van der Waals surface area contributed by atoms with Gasteiger partial charge in [0.05, 0.1) is 5.52 Å². The number of aromatic amines is 1. The number of fused-ring (bicyclic) bond motifs is 1. The molecule has 1 N–H and O–H groups in total. The number of rotatable bonds is 2. The van der Waals surface area contributed by atoms with Gasteiger partial charge < -0.3 is 4.98 Å². The fourth-order valence-electron chi connectivity index (χ4n) is 1.59. The number of thiophene rings is 1. The highest BCUT2D eigenvalue weighted by molar-refractivity contribution is 9.10. The van der Waals surface area contributed by atoms with E-state index < -0.39 is 0 Å². The molecule has 0 amide bonds. The van der Waals surface area contributed by atoms with Crippen molar-refractivity contribution in [3.8, 4) is 0 Å². The molecule has 0 aliphatic rings. The first-order valence-electron chi connectivity index (χ1n) is 4.82. The summed E-state index contributed by atoms with van der Waals surface area (Å²) in [5.74, 6) is 0.957. The van der Waals surface area contributed by atoms with Gasteiger partial charge in [0, 0.05) is 17.1 Å². The van der Waals surface area contributed by atoms with Crippen molar-refractivity contribution in [2.75, 3.05) is 0 Å². The summed E-state index contributed by atoms with van der Waals surface area (Å²) in [5, 5.41) is 4.21. The minimum absolute atomic E-state index is 0.772. The second-order valence-electron chi connectivity index (χ2n) is 3.52. The first-order chi connectivity index (χ1) is 7.81. The molecule has 0 saturated carbocycles. The molecule has 0 aliphatic heterocycles. The van der Waals surface area contributed by atoms with E-state index in [1.165, 1.54) is 5.56 Å². The molecule has 3 nitrogen and oxygen atoms in total. The van der Waals surface area contributed by atoms with E-state index in [1.807, 2.05) is 6.07 Å². The Kier molecular flexibility index (Phi) is 2.49. The predicted octanol–water partition coefficient (Wildman–Crippen LogP) is 3.37. The van der Waals surface area contributed by atoms with E-state index in [1.54, 1.807) is 17.5 Å². The fraction of sp³-hybridized carbons (Fsp3) is 0.0909. The average Bonchev–Trinajstić information content (AvgIpc) is 2.86. The number of nitrogens with one attached hydrogen (secondary N) is 1. The van der Waals surface area contributed by atoms with E-state index in [9.17, 15) is 0 Å². The molecule has 0 atom stereocenters. The molecule has 0 aromatic carbocycles. The zero-order valence-electron chi connectivity index (χ0n) is 8.27. The molecular weight excluding hydrogens is 286 g/mol. The van der Waals surface area contributed by atoms with Gasteiger partial charge in [0.2, 0.25) is 0 Å². The fourth-order valence-corrected chi connectivity index (χ4v) is 2.59. The zero-order chi connectivity index (χ0) is 11.0. The van der Waals surface area contributed by atoms with E-state index >= 15 is 0 Å². The van der Waals surface area contributed by atoms with Crippen LogP contribution in [0.25, 0.3) is 11.2 Å². The standard InChI is InChI=1S/C11H8BrN3S/c12-8-4-9-11(13-5-8)15-10(14-9)3-7-1-2-16-6-7/h1-2,4-6H,3H2,(H,13,14,15). The second kappa shape index (κ2) is 3.99. The van der Waals surface area contributed by atoms with Crippen LogP contribution >= 0.6 is 27.3 Å². The molecule has 5 heteroatoms. The van der Waals surface area contributed by atoms with Gasteiger partial charge in [-0.05, 0) is 44.4 Å². The smallest absolute Gasteiger partial charge is 0.177 e. The lowest BCUT2D eigenvalue weighted by molar-refractivity contribution is 1.04. The molecule has 3 aromatic rings. The SMILES string of the molecule is Brc1cnc2nc(Cc3ccsc3)[nH]c2c1. The maximum absolute atomic E-state index is 4.45. The number of halogens is 1. The Morgan fingerprint density at radius 1 is 1.44 bits per heavy atom. The van der Waals surface area contributed by atoms with Crippen LogP contribution in [0.1, 0.15) is 11.4 Å². The van der Waals surface area contributed by atoms with Gasteiger partial charge in [0.1, 0.15) is 5.82 Å². The average molecular weight is 294 g/mol. The molecule has 0 bridgehead atoms. The van der Waals surface area contributed by atoms with Crippen LogP contribution in [0.3, 0.4) is 0 Å². The molecule has 0 fully saturated rings. The van der Waals surface area contributed by atoms with Crippen LogP contribution in [-0.4, -0.2) is 15.0 Å². The van der Waals surface area contributed by atoms with Crippen molar-refractivity contribution >= 4 is 38.4 Å². The Hall–Kier alpha value is -1.20. The number of imidazole rings is 1. The zero-order valence-corrected chi connectivity index (χ0v) is 10.7. The quantitative estimate of drug-likeness (QED) is 0.787. The largest absolute Gasteiger partial charge is 0.340 e. The van der Waals surface area contributed by atoms with Gasteiger partial charge >= 0.3 is 0 Å². The van der Waals surface area contributed by atoms with Crippen molar-refractivity contribution in [3.63, 3.8) is 0 Å². The van der Waals surface area contributed by atoms with E-state index in [0.717, 1.165) is 27.9 Å². The Bertz CT molecular complexity index is 615. The molecule has 0 radical (unpaired) electrons. The maximum atomic E-state index is 4.45. The van der Waals surface area contributed by atoms with Gasteiger partial charge in [-0.2, -0.15) is 11.3 Å². The van der Waals surface area contributed by atoms with Gasteiger partial charge in [-0.1, -0.05) is 0 Å². The molecule has 16 heavy (non-hydrogen) atoms. The summed E-state index contributed by atoms with van der Waals surface area (Å²) >= 11 is 5.10. The van der Waals surface area contributed by atoms with Crippen LogP contribution in [0.2, 0.25) is 0 Å². The van der Waals surface area contributed by atoms with Crippen molar-refractivity contribution in [3.05, 3.63) is 45.0 Å². The molecule has 3 aromatic heterocycles. The highest BCUT2D eigenvalue weighted by Crippen LogP contribution is 2.17. The first kappa shape index (κ1) is 9.99. The Morgan fingerprint density at radius 3 is 3.19 bits per heavy atom. The maximum Gasteiger partial charge on any atom is 0.177 e. The summed E-state index contributed by atoms with van der Waals surface area (Å²) in [7, 11) is 0. The molecule has 0 saturated heterocycles. The molecule has 80 valence electrons. The Labute approximate surface area is 105 Å². The molecule has 0 aliphatic carbocycles. The van der Waals surface area contributed by atoms with E-state index in [-0.39, 0.29) is 0 Å². The van der Waals surface area contributed by atoms with Crippen LogP contribution in [-0.2, 0) is 6.42 Å². The highest BCUT2D eigenvalue weighted by Gasteiger charge is 2.05. The topological polar surface area (TPSA) is 41.6 Å². The van der Waals surface area contributed by atoms with Crippen molar-refractivity contribution in [1.82, 2.24) is 15.0 Å². The lowest BCUT2D eigenvalue weighted by atomic mass is 10.2. The third kappa shape index (κ3) is 1.88. The Balaban J connectivity index is 1.99. The number of aromatic nitrogens is 3. The summed E-state index contributed by atoms with van der Waals surface area (Å²) in [5.41, 5.74) is 3.02. The number of pyridine rings is 1. The van der Waals surface area contributed by atoms with Gasteiger partial charge in [0.25, 0.3) is 0 Å². The molecular formula is C11H8BrN3S. The van der Waals surface area contributed by atoms with Crippen molar-refractivity contribution in [1.29, 1.82) is 0 Å². The normalized spacial score (nSPS) is 11.1. The number of hydrogen-bond donors (Lipinski definition) is 1. The minimum atomic E-state index is 0.772. The molecule has 3 rings (SSSR count). The third-order valence-corrected chi connectivity index (χ3v) is 3.47. The van der Waals surface area contributed by atoms with Crippen molar-refractivity contribution in [2.45, 2.75) is 6.42 Å². The summed E-state index contributed by atoms with van der Waals surface area (Å²) in [6.45, 7) is 0. The van der Waals surface area contributed by atoms with Crippen LogP contribution in [0.4, 0.5) is 0 Å².